The molecule has 0 saturated heterocycles. The predicted octanol–water partition coefficient (Wildman–Crippen LogP) is 5.22. The van der Waals surface area contributed by atoms with Crippen LogP contribution in [0.15, 0.2) is 42.5 Å². The number of imidazole rings is 1. The summed E-state index contributed by atoms with van der Waals surface area (Å²) in [5.74, 6) is 0.566. The number of hydrogen-bond acceptors (Lipinski definition) is 4. The van der Waals surface area contributed by atoms with Gasteiger partial charge in [-0.1, -0.05) is 37.5 Å². The van der Waals surface area contributed by atoms with Gasteiger partial charge in [-0.3, -0.25) is 10.3 Å². The number of rotatable bonds is 2. The maximum Gasteiger partial charge on any atom is 0.417 e. The van der Waals surface area contributed by atoms with Crippen LogP contribution in [0.2, 0.25) is 0 Å². The SMILES string of the molecule is FC(F)(F)c1ccccc1-c1ccc2[nH]c(C3=CC4(CCCCC4)ON3)nc2n1. The number of nitrogens with zero attached hydrogens (tertiary/aromatic N) is 2. The number of fused-ring (bicyclic) bond motifs is 1. The Labute approximate surface area is 165 Å². The minimum absolute atomic E-state index is 0.0362. The lowest BCUT2D eigenvalue weighted by Crippen LogP contribution is -2.31. The summed E-state index contributed by atoms with van der Waals surface area (Å²) in [6, 6.07) is 8.70. The van der Waals surface area contributed by atoms with Gasteiger partial charge in [0.05, 0.1) is 16.8 Å². The fraction of sp³-hybridized carbons (Fsp3) is 0.333. The molecule has 1 spiro atoms. The predicted molar refractivity (Wildman–Crippen MR) is 102 cm³/mol. The molecule has 1 saturated carbocycles. The Bertz CT molecular complexity index is 1100. The average Bonchev–Trinajstić information content (AvgIpc) is 3.32. The van der Waals surface area contributed by atoms with Crippen LogP contribution in [0.3, 0.4) is 0 Å². The molecular weight excluding hydrogens is 381 g/mol. The van der Waals surface area contributed by atoms with Crippen molar-refractivity contribution in [2.24, 2.45) is 0 Å². The molecule has 150 valence electrons. The Balaban J connectivity index is 1.52. The van der Waals surface area contributed by atoms with Crippen LogP contribution in [0, 0.1) is 0 Å². The zero-order chi connectivity index (χ0) is 20.1. The van der Waals surface area contributed by atoms with E-state index in [1.165, 1.54) is 18.6 Å². The van der Waals surface area contributed by atoms with Crippen LogP contribution in [-0.4, -0.2) is 20.6 Å². The normalized spacial score (nSPS) is 18.8. The summed E-state index contributed by atoms with van der Waals surface area (Å²) < 4.78 is 40.1. The summed E-state index contributed by atoms with van der Waals surface area (Å²) in [5, 5.41) is 0. The molecule has 3 heterocycles. The van der Waals surface area contributed by atoms with Gasteiger partial charge in [-0.15, -0.1) is 0 Å². The lowest BCUT2D eigenvalue weighted by atomic mass is 9.84. The molecule has 0 unspecified atom stereocenters. The first-order valence-electron chi connectivity index (χ1n) is 9.64. The molecule has 1 aliphatic carbocycles. The fourth-order valence-electron chi connectivity index (χ4n) is 4.12. The number of aromatic amines is 1. The third kappa shape index (κ3) is 3.27. The van der Waals surface area contributed by atoms with E-state index in [1.807, 2.05) is 0 Å². The van der Waals surface area contributed by atoms with E-state index in [-0.39, 0.29) is 16.9 Å². The highest BCUT2D eigenvalue weighted by Crippen LogP contribution is 2.38. The minimum Gasteiger partial charge on any atom is -0.335 e. The molecule has 8 heteroatoms. The van der Waals surface area contributed by atoms with Crippen molar-refractivity contribution in [2.45, 2.75) is 43.9 Å². The van der Waals surface area contributed by atoms with E-state index >= 15 is 0 Å². The Morgan fingerprint density at radius 3 is 2.55 bits per heavy atom. The number of aromatic nitrogens is 3. The smallest absolute Gasteiger partial charge is 0.335 e. The van der Waals surface area contributed by atoms with E-state index in [0.717, 1.165) is 37.4 Å². The quantitative estimate of drug-likeness (QED) is 0.619. The molecule has 5 nitrogen and oxygen atoms in total. The van der Waals surface area contributed by atoms with Crippen molar-refractivity contribution in [3.05, 3.63) is 53.9 Å². The van der Waals surface area contributed by atoms with Crippen molar-refractivity contribution in [1.82, 2.24) is 20.4 Å². The number of hydroxylamine groups is 1. The molecule has 1 fully saturated rings. The largest absolute Gasteiger partial charge is 0.417 e. The highest BCUT2D eigenvalue weighted by atomic mass is 19.4. The van der Waals surface area contributed by atoms with Crippen LogP contribution in [0.25, 0.3) is 28.1 Å². The zero-order valence-electron chi connectivity index (χ0n) is 15.5. The molecule has 2 aromatic heterocycles. The van der Waals surface area contributed by atoms with E-state index in [9.17, 15) is 13.2 Å². The van der Waals surface area contributed by atoms with Crippen molar-refractivity contribution >= 4 is 16.9 Å². The number of alkyl halides is 3. The van der Waals surface area contributed by atoms with Crippen molar-refractivity contribution in [3.63, 3.8) is 0 Å². The van der Waals surface area contributed by atoms with Crippen LogP contribution in [-0.2, 0) is 11.0 Å². The summed E-state index contributed by atoms with van der Waals surface area (Å²) >= 11 is 0. The summed E-state index contributed by atoms with van der Waals surface area (Å²) in [4.78, 5) is 17.9. The maximum absolute atomic E-state index is 13.4. The minimum atomic E-state index is -4.45. The van der Waals surface area contributed by atoms with E-state index in [0.29, 0.717) is 17.0 Å². The van der Waals surface area contributed by atoms with Crippen molar-refractivity contribution in [2.75, 3.05) is 0 Å². The van der Waals surface area contributed by atoms with Crippen LogP contribution in [0.1, 0.15) is 43.5 Å². The van der Waals surface area contributed by atoms with E-state index in [1.54, 1.807) is 18.2 Å². The lowest BCUT2D eigenvalue weighted by Gasteiger charge is -2.29. The van der Waals surface area contributed by atoms with Gasteiger partial charge in [0, 0.05) is 5.56 Å². The van der Waals surface area contributed by atoms with Gasteiger partial charge in [-0.2, -0.15) is 13.2 Å². The second-order valence-corrected chi connectivity index (χ2v) is 7.58. The highest BCUT2D eigenvalue weighted by Gasteiger charge is 2.37. The van der Waals surface area contributed by atoms with Crippen molar-refractivity contribution in [3.8, 4) is 11.3 Å². The molecule has 0 bridgehead atoms. The first-order valence-corrected chi connectivity index (χ1v) is 9.64. The molecule has 2 aliphatic rings. The molecule has 3 aromatic rings. The second-order valence-electron chi connectivity index (χ2n) is 7.58. The molecule has 29 heavy (non-hydrogen) atoms. The molecular formula is C21H19F3N4O. The molecule has 0 radical (unpaired) electrons. The van der Waals surface area contributed by atoms with Gasteiger partial charge >= 0.3 is 6.18 Å². The highest BCUT2D eigenvalue weighted by molar-refractivity contribution is 5.79. The Kier molecular flexibility index (Phi) is 4.13. The number of pyridine rings is 1. The summed E-state index contributed by atoms with van der Waals surface area (Å²) in [6.07, 6.45) is 2.98. The van der Waals surface area contributed by atoms with Gasteiger partial charge in [0.25, 0.3) is 0 Å². The fourth-order valence-corrected chi connectivity index (χ4v) is 4.12. The Morgan fingerprint density at radius 1 is 0.966 bits per heavy atom. The van der Waals surface area contributed by atoms with Gasteiger partial charge in [0.2, 0.25) is 0 Å². The summed E-state index contributed by atoms with van der Waals surface area (Å²) in [7, 11) is 0. The lowest BCUT2D eigenvalue weighted by molar-refractivity contribution is -0.137. The first kappa shape index (κ1) is 18.2. The number of hydrogen-bond donors (Lipinski definition) is 2. The van der Waals surface area contributed by atoms with Crippen molar-refractivity contribution in [1.29, 1.82) is 0 Å². The topological polar surface area (TPSA) is 62.8 Å². The first-order chi connectivity index (χ1) is 13.9. The summed E-state index contributed by atoms with van der Waals surface area (Å²) in [6.45, 7) is 0. The monoisotopic (exact) mass is 400 g/mol. The number of H-pyrrole nitrogens is 1. The molecule has 1 aromatic carbocycles. The molecule has 2 N–H and O–H groups in total. The van der Waals surface area contributed by atoms with Crippen LogP contribution in [0.5, 0.6) is 0 Å². The third-order valence-electron chi connectivity index (χ3n) is 5.58. The van der Waals surface area contributed by atoms with Gasteiger partial charge in [0.15, 0.2) is 11.5 Å². The third-order valence-corrected chi connectivity index (χ3v) is 5.58. The van der Waals surface area contributed by atoms with Crippen LogP contribution < -0.4 is 5.48 Å². The molecule has 0 atom stereocenters. The van der Waals surface area contributed by atoms with Gasteiger partial charge in [0.1, 0.15) is 11.3 Å². The second kappa shape index (κ2) is 6.59. The molecule has 5 rings (SSSR count). The van der Waals surface area contributed by atoms with Gasteiger partial charge < -0.3 is 4.98 Å². The van der Waals surface area contributed by atoms with E-state index in [4.69, 9.17) is 4.84 Å². The van der Waals surface area contributed by atoms with E-state index in [2.05, 4.69) is 26.5 Å². The molecule has 1 aliphatic heterocycles. The number of benzene rings is 1. The van der Waals surface area contributed by atoms with Crippen molar-refractivity contribution < 1.29 is 18.0 Å². The number of halogens is 3. The van der Waals surface area contributed by atoms with Gasteiger partial charge in [-0.05, 0) is 37.1 Å². The van der Waals surface area contributed by atoms with Crippen LogP contribution in [0.4, 0.5) is 13.2 Å². The number of nitrogens with one attached hydrogen (secondary N) is 2. The van der Waals surface area contributed by atoms with E-state index < -0.39 is 11.7 Å². The van der Waals surface area contributed by atoms with Gasteiger partial charge in [-0.25, -0.2) is 9.97 Å². The Morgan fingerprint density at radius 2 is 1.76 bits per heavy atom. The molecule has 0 amide bonds. The Hall–Kier alpha value is -2.87. The average molecular weight is 400 g/mol. The van der Waals surface area contributed by atoms with Crippen LogP contribution >= 0.6 is 0 Å². The standard InChI is InChI=1S/C21H19F3N4O/c22-21(23,24)14-7-3-2-6-13(14)15-8-9-16-18(25-15)27-19(26-16)17-12-20(29-28-17)10-4-1-5-11-20/h2-3,6-9,12,28H,1,4-5,10-11H2,(H,25,26,27). The zero-order valence-corrected chi connectivity index (χ0v) is 15.5. The maximum atomic E-state index is 13.4. The summed E-state index contributed by atoms with van der Waals surface area (Å²) in [5.41, 5.74) is 3.98.